The Labute approximate surface area is 91.3 Å². The van der Waals surface area contributed by atoms with E-state index in [9.17, 15) is 8.78 Å². The summed E-state index contributed by atoms with van der Waals surface area (Å²) in [4.78, 5) is 4.01. The van der Waals surface area contributed by atoms with Gasteiger partial charge < -0.3 is 10.2 Å². The molecule has 1 unspecified atom stereocenters. The second kappa shape index (κ2) is 3.52. The van der Waals surface area contributed by atoms with Gasteiger partial charge in [-0.2, -0.15) is 8.78 Å². The molecule has 2 rings (SSSR count). The molecular formula is C11H12F2N2O. The molecule has 0 spiro atoms. The number of oxazole rings is 1. The third-order valence-electron chi connectivity index (χ3n) is 2.45. The lowest BCUT2D eigenvalue weighted by Gasteiger charge is -2.20. The monoisotopic (exact) mass is 226 g/mol. The Kier molecular flexibility index (Phi) is 2.42. The van der Waals surface area contributed by atoms with E-state index in [1.54, 1.807) is 6.92 Å². The van der Waals surface area contributed by atoms with Gasteiger partial charge in [0.05, 0.1) is 6.04 Å². The van der Waals surface area contributed by atoms with Crippen molar-refractivity contribution < 1.29 is 13.2 Å². The van der Waals surface area contributed by atoms with Crippen molar-refractivity contribution in [3.05, 3.63) is 29.7 Å². The average Bonchev–Trinajstić information content (AvgIpc) is 2.56. The fourth-order valence-electron chi connectivity index (χ4n) is 1.51. The van der Waals surface area contributed by atoms with Gasteiger partial charge in [0.15, 0.2) is 11.5 Å². The van der Waals surface area contributed by atoms with Gasteiger partial charge in [-0.05, 0) is 25.1 Å². The van der Waals surface area contributed by atoms with Crippen molar-refractivity contribution in [2.24, 2.45) is 5.73 Å². The Hall–Kier alpha value is -1.49. The highest BCUT2D eigenvalue weighted by Crippen LogP contribution is 2.32. The highest BCUT2D eigenvalue weighted by Gasteiger charge is 2.36. The fraction of sp³-hybridized carbons (Fsp3) is 0.364. The van der Waals surface area contributed by atoms with E-state index in [1.807, 2.05) is 0 Å². The van der Waals surface area contributed by atoms with Crippen molar-refractivity contribution in [3.8, 4) is 0 Å². The summed E-state index contributed by atoms with van der Waals surface area (Å²) in [5, 5.41) is 0. The zero-order valence-electron chi connectivity index (χ0n) is 9.00. The summed E-state index contributed by atoms with van der Waals surface area (Å²) in [6, 6.07) is 2.88. The molecule has 5 heteroatoms. The summed E-state index contributed by atoms with van der Waals surface area (Å²) in [5.74, 6) is -2.60. The van der Waals surface area contributed by atoms with Crippen LogP contribution in [-0.4, -0.2) is 11.0 Å². The SMILES string of the molecule is Cc1nc2cc(C(F)(F)C(C)N)ccc2o1. The maximum Gasteiger partial charge on any atom is 0.287 e. The molecule has 0 saturated heterocycles. The molecule has 1 aromatic carbocycles. The Bertz CT molecular complexity index is 520. The van der Waals surface area contributed by atoms with Gasteiger partial charge >= 0.3 is 0 Å². The number of alkyl halides is 2. The van der Waals surface area contributed by atoms with E-state index in [2.05, 4.69) is 4.98 Å². The number of halogens is 2. The highest BCUT2D eigenvalue weighted by molar-refractivity contribution is 5.73. The third kappa shape index (κ3) is 1.67. The van der Waals surface area contributed by atoms with E-state index in [-0.39, 0.29) is 5.56 Å². The first-order chi connectivity index (χ1) is 7.41. The normalized spacial score (nSPS) is 14.3. The van der Waals surface area contributed by atoms with Crippen molar-refractivity contribution in [2.45, 2.75) is 25.8 Å². The van der Waals surface area contributed by atoms with Crippen LogP contribution in [0.4, 0.5) is 8.78 Å². The molecule has 1 atom stereocenters. The number of hydrogen-bond acceptors (Lipinski definition) is 3. The number of aromatic nitrogens is 1. The van der Waals surface area contributed by atoms with Crippen LogP contribution in [-0.2, 0) is 5.92 Å². The molecule has 86 valence electrons. The first kappa shape index (κ1) is 11.0. The van der Waals surface area contributed by atoms with Crippen LogP contribution in [0.5, 0.6) is 0 Å². The maximum atomic E-state index is 13.6. The van der Waals surface area contributed by atoms with Crippen LogP contribution in [0.15, 0.2) is 22.6 Å². The summed E-state index contributed by atoms with van der Waals surface area (Å²) in [7, 11) is 0. The lowest BCUT2D eigenvalue weighted by molar-refractivity contribution is -0.0255. The number of benzene rings is 1. The molecule has 0 aliphatic carbocycles. The van der Waals surface area contributed by atoms with E-state index in [0.29, 0.717) is 17.0 Å². The van der Waals surface area contributed by atoms with Gasteiger partial charge in [-0.1, -0.05) is 0 Å². The summed E-state index contributed by atoms with van der Waals surface area (Å²) in [6.45, 7) is 2.95. The van der Waals surface area contributed by atoms with E-state index in [1.165, 1.54) is 25.1 Å². The van der Waals surface area contributed by atoms with Gasteiger partial charge in [0.2, 0.25) is 0 Å². The van der Waals surface area contributed by atoms with Gasteiger partial charge in [-0.3, -0.25) is 0 Å². The fourth-order valence-corrected chi connectivity index (χ4v) is 1.51. The van der Waals surface area contributed by atoms with E-state index in [0.717, 1.165) is 0 Å². The molecule has 0 aliphatic heterocycles. The van der Waals surface area contributed by atoms with Crippen molar-refractivity contribution in [2.75, 3.05) is 0 Å². The van der Waals surface area contributed by atoms with Crippen molar-refractivity contribution in [1.29, 1.82) is 0 Å². The van der Waals surface area contributed by atoms with Crippen LogP contribution in [0.25, 0.3) is 11.1 Å². The average molecular weight is 226 g/mol. The van der Waals surface area contributed by atoms with E-state index < -0.39 is 12.0 Å². The number of aryl methyl sites for hydroxylation is 1. The Balaban J connectivity index is 2.54. The molecule has 1 aromatic heterocycles. The minimum absolute atomic E-state index is 0.136. The third-order valence-corrected chi connectivity index (χ3v) is 2.45. The molecule has 0 bridgehead atoms. The van der Waals surface area contributed by atoms with Crippen LogP contribution in [0.3, 0.4) is 0 Å². The first-order valence-electron chi connectivity index (χ1n) is 4.92. The molecule has 0 aliphatic rings. The van der Waals surface area contributed by atoms with E-state index >= 15 is 0 Å². The van der Waals surface area contributed by atoms with Gasteiger partial charge in [0, 0.05) is 12.5 Å². The van der Waals surface area contributed by atoms with Gasteiger partial charge in [-0.15, -0.1) is 0 Å². The van der Waals surface area contributed by atoms with Crippen LogP contribution in [0, 0.1) is 6.92 Å². The molecule has 16 heavy (non-hydrogen) atoms. The maximum absolute atomic E-state index is 13.6. The molecule has 0 amide bonds. The summed E-state index contributed by atoms with van der Waals surface area (Å²) in [6.07, 6.45) is 0. The minimum atomic E-state index is -3.05. The number of fused-ring (bicyclic) bond motifs is 1. The number of nitrogens with zero attached hydrogens (tertiary/aromatic N) is 1. The van der Waals surface area contributed by atoms with Crippen LogP contribution < -0.4 is 5.73 Å². The molecule has 2 aromatic rings. The van der Waals surface area contributed by atoms with Gasteiger partial charge in [0.25, 0.3) is 5.92 Å². The summed E-state index contributed by atoms with van der Waals surface area (Å²) >= 11 is 0. The Morgan fingerprint density at radius 3 is 2.75 bits per heavy atom. The zero-order chi connectivity index (χ0) is 11.9. The molecule has 3 nitrogen and oxygen atoms in total. The van der Waals surface area contributed by atoms with Gasteiger partial charge in [0.1, 0.15) is 5.52 Å². The van der Waals surface area contributed by atoms with Crippen molar-refractivity contribution in [3.63, 3.8) is 0 Å². The largest absolute Gasteiger partial charge is 0.441 e. The van der Waals surface area contributed by atoms with Crippen molar-refractivity contribution >= 4 is 11.1 Å². The number of hydrogen-bond donors (Lipinski definition) is 1. The first-order valence-corrected chi connectivity index (χ1v) is 4.92. The second-order valence-corrected chi connectivity index (χ2v) is 3.83. The second-order valence-electron chi connectivity index (χ2n) is 3.83. The number of nitrogens with two attached hydrogens (primary N) is 1. The molecular weight excluding hydrogens is 214 g/mol. The molecule has 2 N–H and O–H groups in total. The van der Waals surface area contributed by atoms with Crippen LogP contribution >= 0.6 is 0 Å². The molecule has 1 heterocycles. The minimum Gasteiger partial charge on any atom is -0.441 e. The topological polar surface area (TPSA) is 52.0 Å². The molecule has 0 radical (unpaired) electrons. The Morgan fingerprint density at radius 2 is 2.12 bits per heavy atom. The van der Waals surface area contributed by atoms with Crippen LogP contribution in [0.1, 0.15) is 18.4 Å². The summed E-state index contributed by atoms with van der Waals surface area (Å²) < 4.78 is 32.5. The van der Waals surface area contributed by atoms with Crippen molar-refractivity contribution in [1.82, 2.24) is 4.98 Å². The predicted octanol–water partition coefficient (Wildman–Crippen LogP) is 2.58. The summed E-state index contributed by atoms with van der Waals surface area (Å²) in [5.41, 5.74) is 6.05. The smallest absolute Gasteiger partial charge is 0.287 e. The lowest BCUT2D eigenvalue weighted by Crippen LogP contribution is -2.35. The zero-order valence-corrected chi connectivity index (χ0v) is 9.00. The van der Waals surface area contributed by atoms with E-state index in [4.69, 9.17) is 10.2 Å². The Morgan fingerprint density at radius 1 is 1.44 bits per heavy atom. The molecule has 0 saturated carbocycles. The van der Waals surface area contributed by atoms with Crippen LogP contribution in [0.2, 0.25) is 0 Å². The number of rotatable bonds is 2. The predicted molar refractivity (Wildman–Crippen MR) is 56.3 cm³/mol. The standard InChI is InChI=1S/C11H12F2N2O/c1-6(14)11(12,13)8-3-4-10-9(5-8)15-7(2)16-10/h3-6H,14H2,1-2H3. The highest BCUT2D eigenvalue weighted by atomic mass is 19.3. The lowest BCUT2D eigenvalue weighted by atomic mass is 10.0. The van der Waals surface area contributed by atoms with Gasteiger partial charge in [-0.25, -0.2) is 4.98 Å². The molecule has 0 fully saturated rings. The quantitative estimate of drug-likeness (QED) is 0.856.